The molecule has 5 heteroatoms. The maximum atomic E-state index is 11.6. The average molecular weight is 290 g/mol. The van der Waals surface area contributed by atoms with Crippen LogP contribution in [-0.4, -0.2) is 51.0 Å². The zero-order chi connectivity index (χ0) is 16.1. The highest BCUT2D eigenvalue weighted by atomic mass is 16.7. The second-order valence-electron chi connectivity index (χ2n) is 5.86. The number of amides is 1. The summed E-state index contributed by atoms with van der Waals surface area (Å²) in [5.74, 6) is 1.32. The van der Waals surface area contributed by atoms with Crippen molar-refractivity contribution < 1.29 is 14.3 Å². The molecule has 0 spiro atoms. The molecule has 0 fully saturated rings. The Balaban J connectivity index is 0. The van der Waals surface area contributed by atoms with Gasteiger partial charge in [0.2, 0.25) is 5.91 Å². The smallest absolute Gasteiger partial charge is 0.236 e. The van der Waals surface area contributed by atoms with Crippen LogP contribution in [0.4, 0.5) is 0 Å². The Kier molecular flexibility index (Phi) is 14.4. The molecule has 5 nitrogen and oxygen atoms in total. The van der Waals surface area contributed by atoms with Gasteiger partial charge in [-0.25, -0.2) is 0 Å². The molecule has 122 valence electrons. The summed E-state index contributed by atoms with van der Waals surface area (Å²) in [7, 11) is 3.11. The van der Waals surface area contributed by atoms with E-state index in [1.807, 2.05) is 0 Å². The summed E-state index contributed by atoms with van der Waals surface area (Å²) < 4.78 is 10.1. The van der Waals surface area contributed by atoms with Gasteiger partial charge >= 0.3 is 0 Å². The number of carbonyl (C=O) groups excluding carboxylic acids is 1. The van der Waals surface area contributed by atoms with Crippen molar-refractivity contribution in [1.29, 1.82) is 0 Å². The van der Waals surface area contributed by atoms with E-state index in [1.165, 1.54) is 0 Å². The van der Waals surface area contributed by atoms with Crippen LogP contribution in [0.2, 0.25) is 0 Å². The normalized spacial score (nSPS) is 10.8. The minimum atomic E-state index is -0.386. The molecule has 0 rings (SSSR count). The maximum absolute atomic E-state index is 11.6. The van der Waals surface area contributed by atoms with Crippen LogP contribution < -0.4 is 5.73 Å². The molecule has 0 saturated heterocycles. The van der Waals surface area contributed by atoms with E-state index in [1.54, 1.807) is 19.1 Å². The van der Waals surface area contributed by atoms with Crippen LogP contribution in [-0.2, 0) is 14.3 Å². The molecule has 0 aromatic rings. The van der Waals surface area contributed by atoms with Crippen LogP contribution in [0, 0.1) is 11.8 Å². The fourth-order valence-electron chi connectivity index (χ4n) is 1.29. The minimum absolute atomic E-state index is 0.0260. The van der Waals surface area contributed by atoms with Crippen LogP contribution >= 0.6 is 0 Å². The van der Waals surface area contributed by atoms with E-state index in [4.69, 9.17) is 15.2 Å². The SMILES string of the molecule is CC(C)C.COC(CN(CCC(C)C)C(=O)CN)OC. The molecule has 0 saturated carbocycles. The fraction of sp³-hybridized carbons (Fsp3) is 0.933. The van der Waals surface area contributed by atoms with Gasteiger partial charge in [-0.2, -0.15) is 0 Å². The van der Waals surface area contributed by atoms with Gasteiger partial charge in [0.25, 0.3) is 0 Å². The van der Waals surface area contributed by atoms with Gasteiger partial charge in [-0.3, -0.25) is 4.79 Å². The molecule has 0 aromatic heterocycles. The van der Waals surface area contributed by atoms with Gasteiger partial charge in [0, 0.05) is 20.8 Å². The van der Waals surface area contributed by atoms with Crippen LogP contribution in [0.5, 0.6) is 0 Å². The van der Waals surface area contributed by atoms with Crippen LogP contribution in [0.3, 0.4) is 0 Å². The van der Waals surface area contributed by atoms with E-state index < -0.39 is 0 Å². The predicted octanol–water partition coefficient (Wildman–Crippen LogP) is 2.10. The predicted molar refractivity (Wildman–Crippen MR) is 83.4 cm³/mol. The molecule has 2 N–H and O–H groups in total. The van der Waals surface area contributed by atoms with Crippen molar-refractivity contribution in [3.05, 3.63) is 0 Å². The maximum Gasteiger partial charge on any atom is 0.236 e. The molecule has 0 radical (unpaired) electrons. The topological polar surface area (TPSA) is 64.8 Å². The fourth-order valence-corrected chi connectivity index (χ4v) is 1.29. The van der Waals surface area contributed by atoms with Gasteiger partial charge in [-0.15, -0.1) is 0 Å². The third kappa shape index (κ3) is 13.8. The number of hydrogen-bond donors (Lipinski definition) is 1. The number of nitrogens with zero attached hydrogens (tertiary/aromatic N) is 1. The highest BCUT2D eigenvalue weighted by Gasteiger charge is 2.17. The Labute approximate surface area is 124 Å². The van der Waals surface area contributed by atoms with E-state index >= 15 is 0 Å². The molecule has 0 atom stereocenters. The summed E-state index contributed by atoms with van der Waals surface area (Å²) in [6.45, 7) is 11.9. The number of carbonyl (C=O) groups is 1. The third-order valence-electron chi connectivity index (χ3n) is 2.40. The van der Waals surface area contributed by atoms with Gasteiger partial charge in [0.15, 0.2) is 6.29 Å². The Morgan fingerprint density at radius 3 is 1.85 bits per heavy atom. The van der Waals surface area contributed by atoms with Crippen molar-refractivity contribution in [1.82, 2.24) is 4.90 Å². The first-order chi connectivity index (χ1) is 9.28. The molecule has 0 aromatic carbocycles. The van der Waals surface area contributed by atoms with Crippen molar-refractivity contribution in [2.75, 3.05) is 33.9 Å². The summed E-state index contributed by atoms with van der Waals surface area (Å²) in [4.78, 5) is 13.3. The number of ether oxygens (including phenoxy) is 2. The van der Waals surface area contributed by atoms with Crippen molar-refractivity contribution >= 4 is 5.91 Å². The second kappa shape index (κ2) is 13.3. The first kappa shape index (κ1) is 21.6. The minimum Gasteiger partial charge on any atom is -0.354 e. The van der Waals surface area contributed by atoms with E-state index in [-0.39, 0.29) is 18.7 Å². The molecule has 0 aliphatic heterocycles. The van der Waals surface area contributed by atoms with Crippen molar-refractivity contribution in [3.63, 3.8) is 0 Å². The number of methoxy groups -OCH3 is 2. The monoisotopic (exact) mass is 290 g/mol. The average Bonchev–Trinajstić information content (AvgIpc) is 2.37. The number of rotatable bonds is 8. The molecule has 1 amide bonds. The van der Waals surface area contributed by atoms with Crippen molar-refractivity contribution in [3.8, 4) is 0 Å². The summed E-state index contributed by atoms with van der Waals surface area (Å²) in [6.07, 6.45) is 0.564. The van der Waals surface area contributed by atoms with Crippen molar-refractivity contribution in [2.24, 2.45) is 17.6 Å². The Morgan fingerprint density at radius 1 is 1.10 bits per heavy atom. The van der Waals surface area contributed by atoms with Gasteiger partial charge in [-0.05, 0) is 18.3 Å². The highest BCUT2D eigenvalue weighted by molar-refractivity contribution is 5.78. The second-order valence-corrected chi connectivity index (χ2v) is 5.86. The van der Waals surface area contributed by atoms with Gasteiger partial charge < -0.3 is 20.1 Å². The lowest BCUT2D eigenvalue weighted by atomic mass is 10.1. The number of nitrogens with two attached hydrogens (primary N) is 1. The van der Waals surface area contributed by atoms with Crippen LogP contribution in [0.25, 0.3) is 0 Å². The summed E-state index contributed by atoms with van der Waals surface area (Å²) in [5, 5.41) is 0. The molecule has 0 bridgehead atoms. The van der Waals surface area contributed by atoms with Crippen molar-refractivity contribution in [2.45, 2.75) is 47.3 Å². The Hall–Kier alpha value is -0.650. The number of hydrogen-bond acceptors (Lipinski definition) is 4. The van der Waals surface area contributed by atoms with Crippen LogP contribution in [0.15, 0.2) is 0 Å². The first-order valence-electron chi connectivity index (χ1n) is 7.31. The van der Waals surface area contributed by atoms with E-state index in [9.17, 15) is 4.79 Å². The zero-order valence-corrected chi connectivity index (χ0v) is 14.3. The largest absolute Gasteiger partial charge is 0.354 e. The molecule has 0 heterocycles. The molecule has 0 aliphatic carbocycles. The molecule has 0 aliphatic rings. The van der Waals surface area contributed by atoms with E-state index in [0.717, 1.165) is 12.3 Å². The van der Waals surface area contributed by atoms with Crippen LogP contribution in [0.1, 0.15) is 41.0 Å². The molecule has 0 unspecified atom stereocenters. The lowest BCUT2D eigenvalue weighted by molar-refractivity contribution is -0.144. The van der Waals surface area contributed by atoms with Gasteiger partial charge in [0.1, 0.15) is 0 Å². The summed E-state index contributed by atoms with van der Waals surface area (Å²) in [5.41, 5.74) is 5.37. The Bertz CT molecular complexity index is 226. The lowest BCUT2D eigenvalue weighted by Crippen LogP contribution is -2.42. The lowest BCUT2D eigenvalue weighted by Gasteiger charge is -2.26. The van der Waals surface area contributed by atoms with E-state index in [2.05, 4.69) is 34.6 Å². The molecular formula is C15H34N2O3. The quantitative estimate of drug-likeness (QED) is 0.695. The molecule has 20 heavy (non-hydrogen) atoms. The highest BCUT2D eigenvalue weighted by Crippen LogP contribution is 2.04. The first-order valence-corrected chi connectivity index (χ1v) is 7.31. The standard InChI is InChI=1S/C11H24N2O3.C4H10/c1-9(2)5-6-13(10(14)7-12)8-11(15-3)16-4;1-4(2)3/h9,11H,5-8,12H2,1-4H3;4H,1-3H3. The zero-order valence-electron chi connectivity index (χ0n) is 14.3. The van der Waals surface area contributed by atoms with Gasteiger partial charge in [0.05, 0.1) is 13.1 Å². The van der Waals surface area contributed by atoms with Gasteiger partial charge in [-0.1, -0.05) is 34.6 Å². The summed E-state index contributed by atoms with van der Waals surface area (Å²) >= 11 is 0. The molecular weight excluding hydrogens is 256 g/mol. The van der Waals surface area contributed by atoms with E-state index in [0.29, 0.717) is 19.0 Å². The Morgan fingerprint density at radius 2 is 1.55 bits per heavy atom. The summed E-state index contributed by atoms with van der Waals surface area (Å²) in [6, 6.07) is 0. The third-order valence-corrected chi connectivity index (χ3v) is 2.40.